The molecule has 7 rings (SSSR count). The van der Waals surface area contributed by atoms with Gasteiger partial charge in [0.2, 0.25) is 5.69 Å². The van der Waals surface area contributed by atoms with Crippen molar-refractivity contribution >= 4 is 60.4 Å². The molecule has 54 heavy (non-hydrogen) atoms. The van der Waals surface area contributed by atoms with Crippen LogP contribution in [0.5, 0.6) is 0 Å². The van der Waals surface area contributed by atoms with Gasteiger partial charge >= 0.3 is 0 Å². The number of benzene rings is 4. The molecule has 2 aliphatic heterocycles. The van der Waals surface area contributed by atoms with Crippen LogP contribution < -0.4 is 4.90 Å². The van der Waals surface area contributed by atoms with Gasteiger partial charge in [-0.05, 0) is 109 Å². The van der Waals surface area contributed by atoms with Crippen LogP contribution in [0.4, 0.5) is 11.4 Å². The van der Waals surface area contributed by atoms with Crippen LogP contribution >= 0.6 is 11.6 Å². The third kappa shape index (κ3) is 7.25. The van der Waals surface area contributed by atoms with Crippen molar-refractivity contribution in [2.45, 2.75) is 96.8 Å². The Hall–Kier alpha value is -3.97. The second kappa shape index (κ2) is 15.3. The van der Waals surface area contributed by atoms with E-state index in [0.717, 1.165) is 54.2 Å². The molecule has 0 aromatic heterocycles. The van der Waals surface area contributed by atoms with Crippen molar-refractivity contribution < 1.29 is 17.5 Å². The minimum absolute atomic E-state index is 0.168. The van der Waals surface area contributed by atoms with Gasteiger partial charge in [-0.1, -0.05) is 106 Å². The second-order valence-corrected chi connectivity index (χ2v) is 18.1. The number of unbranched alkanes of at least 4 members (excludes halogenated alkanes) is 3. The maximum absolute atomic E-state index is 11.4. The van der Waals surface area contributed by atoms with E-state index in [-0.39, 0.29) is 16.6 Å². The van der Waals surface area contributed by atoms with E-state index < -0.39 is 10.1 Å². The highest BCUT2D eigenvalue weighted by Crippen LogP contribution is 2.51. The van der Waals surface area contributed by atoms with Gasteiger partial charge in [-0.2, -0.15) is 4.58 Å². The number of nitrogens with zero attached hydrogens (tertiary/aromatic N) is 2. The quantitative estimate of drug-likeness (QED) is 0.0819. The SMILES string of the molecule is CCCCC[N+]1=C(/C=C/C2=C(Cl)C(=C/C=C3/N(CCCCS(=O)(=O)[O-])c4ccc5ccccc5c4C3(C)C)/CCC2)C(C)(C)c2c1ccc1ccccc21. The van der Waals surface area contributed by atoms with Crippen LogP contribution in [0.25, 0.3) is 21.5 Å². The fourth-order valence-corrected chi connectivity index (χ4v) is 10.1. The molecule has 1 aliphatic carbocycles. The van der Waals surface area contributed by atoms with Gasteiger partial charge in [0.15, 0.2) is 5.71 Å². The lowest BCUT2D eigenvalue weighted by atomic mass is 9.78. The van der Waals surface area contributed by atoms with E-state index in [4.69, 9.17) is 11.6 Å². The lowest BCUT2D eigenvalue weighted by Crippen LogP contribution is -2.28. The molecule has 0 radical (unpaired) electrons. The highest BCUT2D eigenvalue weighted by Gasteiger charge is 2.45. The average Bonchev–Trinajstić information content (AvgIpc) is 3.50. The molecule has 0 unspecified atom stereocenters. The van der Waals surface area contributed by atoms with E-state index in [1.54, 1.807) is 0 Å². The van der Waals surface area contributed by atoms with Crippen molar-refractivity contribution in [2.75, 3.05) is 23.7 Å². The Bertz CT molecular complexity index is 2380. The average molecular weight is 761 g/mol. The topological polar surface area (TPSA) is 63.5 Å². The highest BCUT2D eigenvalue weighted by molar-refractivity contribution is 7.85. The molecule has 4 aromatic carbocycles. The summed E-state index contributed by atoms with van der Waals surface area (Å²) in [7, 11) is -4.25. The Morgan fingerprint density at radius 1 is 0.796 bits per heavy atom. The first-order valence-electron chi connectivity index (χ1n) is 19.7. The van der Waals surface area contributed by atoms with Crippen molar-refractivity contribution in [3.63, 3.8) is 0 Å². The van der Waals surface area contributed by atoms with Crippen molar-refractivity contribution in [3.05, 3.63) is 130 Å². The van der Waals surface area contributed by atoms with E-state index in [9.17, 15) is 13.0 Å². The molecule has 0 saturated carbocycles. The van der Waals surface area contributed by atoms with Crippen molar-refractivity contribution in [3.8, 4) is 0 Å². The van der Waals surface area contributed by atoms with Gasteiger partial charge < -0.3 is 9.45 Å². The Kier molecular flexibility index (Phi) is 10.8. The van der Waals surface area contributed by atoms with E-state index in [0.29, 0.717) is 19.4 Å². The second-order valence-electron chi connectivity index (χ2n) is 16.2. The monoisotopic (exact) mass is 760 g/mol. The Morgan fingerprint density at radius 3 is 2.19 bits per heavy atom. The van der Waals surface area contributed by atoms with E-state index in [2.05, 4.69) is 141 Å². The molecule has 0 amide bonds. The minimum Gasteiger partial charge on any atom is -0.748 e. The maximum Gasteiger partial charge on any atom is 0.210 e. The van der Waals surface area contributed by atoms with Crippen LogP contribution in [0, 0.1) is 0 Å². The standard InChI is InChI=1S/C47H53ClN2O3S/c1-6-7-12-30-49-39-26-22-33-16-8-10-20-37(33)43(39)46(2,3)41(49)28-24-35-18-15-19-36(45(35)48)25-29-42-47(4,5)44-38-21-11-9-17-34(38)23-27-40(44)50(42)31-13-14-32-54(51,52)53/h8-11,16-17,20-29H,6-7,12-15,18-19,30-32H2,1-5H3. The summed E-state index contributed by atoms with van der Waals surface area (Å²) in [5.74, 6) is -0.343. The number of hydrogen-bond donors (Lipinski definition) is 0. The van der Waals surface area contributed by atoms with Crippen molar-refractivity contribution in [1.29, 1.82) is 0 Å². The fourth-order valence-electron chi connectivity index (χ4n) is 9.19. The lowest BCUT2D eigenvalue weighted by molar-refractivity contribution is -0.438. The van der Waals surface area contributed by atoms with E-state index >= 15 is 0 Å². The zero-order valence-corrected chi connectivity index (χ0v) is 34.0. The molecular weight excluding hydrogens is 708 g/mol. The van der Waals surface area contributed by atoms with Crippen LogP contribution in [-0.2, 0) is 20.9 Å². The molecule has 0 N–H and O–H groups in total. The maximum atomic E-state index is 11.4. The number of allylic oxidation sites excluding steroid dienone is 8. The molecule has 4 aromatic rings. The first kappa shape index (κ1) is 38.3. The molecule has 0 saturated heterocycles. The summed E-state index contributed by atoms with van der Waals surface area (Å²) in [6, 6.07) is 26.2. The fraction of sp³-hybridized carbons (Fsp3) is 0.383. The van der Waals surface area contributed by atoms with Gasteiger partial charge in [-0.3, -0.25) is 0 Å². The van der Waals surface area contributed by atoms with Gasteiger partial charge in [0.25, 0.3) is 0 Å². The number of halogens is 1. The van der Waals surface area contributed by atoms with Crippen molar-refractivity contribution in [2.24, 2.45) is 0 Å². The summed E-state index contributed by atoms with van der Waals surface area (Å²) in [6.45, 7) is 13.1. The molecule has 3 aliphatic rings. The van der Waals surface area contributed by atoms with Crippen LogP contribution in [0.1, 0.15) is 97.1 Å². The van der Waals surface area contributed by atoms with Crippen LogP contribution in [-0.4, -0.2) is 42.1 Å². The van der Waals surface area contributed by atoms with Gasteiger partial charge in [-0.15, -0.1) is 0 Å². The van der Waals surface area contributed by atoms with Gasteiger partial charge in [0.1, 0.15) is 6.54 Å². The molecule has 5 nitrogen and oxygen atoms in total. The highest BCUT2D eigenvalue weighted by atomic mass is 35.5. The first-order valence-corrected chi connectivity index (χ1v) is 21.7. The summed E-state index contributed by atoms with van der Waals surface area (Å²) >= 11 is 7.32. The number of fused-ring (bicyclic) bond motifs is 6. The van der Waals surface area contributed by atoms with Crippen LogP contribution in [0.3, 0.4) is 0 Å². The van der Waals surface area contributed by atoms with E-state index in [1.165, 1.54) is 62.5 Å². The first-order chi connectivity index (χ1) is 25.8. The summed E-state index contributed by atoms with van der Waals surface area (Å²) < 4.78 is 36.7. The van der Waals surface area contributed by atoms with Crippen LogP contribution in [0.15, 0.2) is 119 Å². The van der Waals surface area contributed by atoms with Crippen molar-refractivity contribution in [1.82, 2.24) is 0 Å². The third-order valence-corrected chi connectivity index (χ3v) is 13.1. The minimum atomic E-state index is -4.25. The lowest BCUT2D eigenvalue weighted by Gasteiger charge is -2.27. The molecule has 0 atom stereocenters. The Balaban J connectivity index is 1.24. The zero-order chi connectivity index (χ0) is 38.3. The molecule has 282 valence electrons. The smallest absolute Gasteiger partial charge is 0.210 e. The molecule has 7 heteroatoms. The molecule has 0 fully saturated rings. The van der Waals surface area contributed by atoms with Gasteiger partial charge in [-0.25, -0.2) is 8.42 Å². The zero-order valence-electron chi connectivity index (χ0n) is 32.4. The normalized spacial score (nSPS) is 19.6. The molecular formula is C47H53ClN2O3S. The number of anilines is 1. The summed E-state index contributed by atoms with van der Waals surface area (Å²) in [4.78, 5) is 2.32. The van der Waals surface area contributed by atoms with Gasteiger partial charge in [0, 0.05) is 58.3 Å². The number of rotatable bonds is 12. The van der Waals surface area contributed by atoms with Crippen LogP contribution in [0.2, 0.25) is 0 Å². The largest absolute Gasteiger partial charge is 0.748 e. The summed E-state index contributed by atoms with van der Waals surface area (Å²) in [5.41, 5.74) is 9.41. The molecule has 0 spiro atoms. The van der Waals surface area contributed by atoms with E-state index in [1.807, 2.05) is 0 Å². The molecule has 0 bridgehead atoms. The Labute approximate surface area is 327 Å². The Morgan fingerprint density at radius 2 is 1.48 bits per heavy atom. The predicted octanol–water partition coefficient (Wildman–Crippen LogP) is 11.7. The molecule has 2 heterocycles. The summed E-state index contributed by atoms with van der Waals surface area (Å²) in [6.07, 6.45) is 16.4. The van der Waals surface area contributed by atoms with Gasteiger partial charge in [0.05, 0.1) is 15.5 Å². The third-order valence-electron chi connectivity index (χ3n) is 11.9. The summed E-state index contributed by atoms with van der Waals surface area (Å²) in [5, 5.41) is 5.85. The predicted molar refractivity (Wildman–Crippen MR) is 226 cm³/mol. The number of hydrogen-bond acceptors (Lipinski definition) is 4.